The van der Waals surface area contributed by atoms with Gasteiger partial charge in [-0.1, -0.05) is 108 Å². The molecule has 0 radical (unpaired) electrons. The Morgan fingerprint density at radius 1 is 0.581 bits per heavy atom. The molecule has 3 N–H and O–H groups in total. The number of Topliss-reactive ketones (excluding diaryl/α,β-unsaturated/α-hetero) is 5. The summed E-state index contributed by atoms with van der Waals surface area (Å²) in [4.78, 5) is 178. The van der Waals surface area contributed by atoms with Crippen molar-refractivity contribution in [1.82, 2.24) is 30.2 Å². The third kappa shape index (κ3) is 28.0. The lowest BCUT2D eigenvalue weighted by molar-refractivity contribution is -0.148. The van der Waals surface area contributed by atoms with Crippen LogP contribution < -0.4 is 10.6 Å². The zero-order chi connectivity index (χ0) is 71.7. The van der Waals surface area contributed by atoms with Gasteiger partial charge in [-0.05, 0) is 115 Å². The molecule has 22 heteroatoms. The maximum atomic E-state index is 14.9. The van der Waals surface area contributed by atoms with Crippen LogP contribution in [0.1, 0.15) is 202 Å². The minimum atomic E-state index is -1.41. The molecule has 0 bridgehead atoms. The summed E-state index contributed by atoms with van der Waals surface area (Å²) in [6.07, 6.45) is 2.01. The number of nitrogens with zero attached hydrogens (tertiary/aromatic N) is 4. The molecule has 1 heterocycles. The zero-order valence-electron chi connectivity index (χ0n) is 60.8. The van der Waals surface area contributed by atoms with Crippen molar-refractivity contribution in [2.24, 2.45) is 59.2 Å². The van der Waals surface area contributed by atoms with Crippen LogP contribution in [0.4, 0.5) is 4.79 Å². The Balaban J connectivity index is 4.23. The van der Waals surface area contributed by atoms with Crippen molar-refractivity contribution < 1.29 is 76.9 Å². The molecule has 1 fully saturated rings. The summed E-state index contributed by atoms with van der Waals surface area (Å²) in [5, 5.41) is 17.5. The molecule has 0 aromatic carbocycles. The van der Waals surface area contributed by atoms with Crippen LogP contribution in [0.2, 0.25) is 0 Å². The number of nitrogens with one attached hydrogen (secondary N) is 2. The number of carbonyl (C=O) groups excluding carboxylic acids is 12. The number of aliphatic hydroxyl groups excluding tert-OH is 1. The van der Waals surface area contributed by atoms with E-state index in [4.69, 9.17) is 14.2 Å². The van der Waals surface area contributed by atoms with Crippen LogP contribution in [0.15, 0.2) is 24.3 Å². The fourth-order valence-corrected chi connectivity index (χ4v) is 12.0. The first-order chi connectivity index (χ1) is 43.0. The lowest BCUT2D eigenvalue weighted by atomic mass is 9.82. The number of aliphatic hydroxyl groups is 1. The van der Waals surface area contributed by atoms with E-state index in [0.29, 0.717) is 6.42 Å². The van der Waals surface area contributed by atoms with E-state index in [9.17, 15) is 62.6 Å². The summed E-state index contributed by atoms with van der Waals surface area (Å²) < 4.78 is 16.4. The van der Waals surface area contributed by atoms with Crippen molar-refractivity contribution in [3.63, 3.8) is 0 Å². The lowest BCUT2D eigenvalue weighted by Crippen LogP contribution is -2.53. The van der Waals surface area contributed by atoms with E-state index in [1.807, 2.05) is 47.6 Å². The molecule has 1 aliphatic rings. The predicted molar refractivity (Wildman–Crippen MR) is 358 cm³/mol. The minimum absolute atomic E-state index is 0.0569. The standard InChI is InChI=1S/C71H120N6O16/c1-24-26-29-46(13)64(84)52-40-59(81)62(45(11)12)77(23)68(88)50(34-41(3)4)38-58(80)55(36-43(7)8)74(20)67(87)48(15)72-65(85)47(14)37-57(79)54(35-42(5)6)75(21)69(89)51(44(9)10)39-60(82)63(49(16)91-32-27-28-33-92-70(90)93-71(17,18)19)76(22)61(83)31-30-56(78)53(25-2)73-66(52)86/h24,26-28,41-55,62-64,84H,25,29-40H2,1-23H3,(H,72,85)(H,73,86)/b26-24+,28-27+/t46-,47-,48-,49-,50-,51+,52+,53+,54+,55+,62+,63+,64-/m1/s1. The number of ether oxygens (including phenoxy) is 3. The van der Waals surface area contributed by atoms with Crippen molar-refractivity contribution in [3.05, 3.63) is 24.3 Å². The second-order valence-corrected chi connectivity index (χ2v) is 28.9. The highest BCUT2D eigenvalue weighted by Gasteiger charge is 2.43. The van der Waals surface area contributed by atoms with Crippen molar-refractivity contribution in [1.29, 1.82) is 0 Å². The van der Waals surface area contributed by atoms with Crippen molar-refractivity contribution in [3.8, 4) is 0 Å². The van der Waals surface area contributed by atoms with Crippen molar-refractivity contribution in [2.45, 2.75) is 256 Å². The summed E-state index contributed by atoms with van der Waals surface area (Å²) in [6.45, 7) is 32.9. The quantitative estimate of drug-likeness (QED) is 0.0805. The molecule has 0 unspecified atom stereocenters. The van der Waals surface area contributed by atoms with Gasteiger partial charge in [0.2, 0.25) is 35.4 Å². The van der Waals surface area contributed by atoms with E-state index in [1.165, 1.54) is 67.7 Å². The van der Waals surface area contributed by atoms with Gasteiger partial charge in [0.05, 0.1) is 48.9 Å². The summed E-state index contributed by atoms with van der Waals surface area (Å²) in [6, 6.07) is -6.90. The number of ketones is 5. The van der Waals surface area contributed by atoms with Crippen LogP contribution in [0, 0.1) is 59.2 Å². The van der Waals surface area contributed by atoms with Gasteiger partial charge in [0, 0.05) is 84.5 Å². The Labute approximate surface area is 556 Å². The highest BCUT2D eigenvalue weighted by atomic mass is 16.7. The van der Waals surface area contributed by atoms with E-state index in [-0.39, 0.29) is 69.5 Å². The molecule has 13 atom stereocenters. The molecule has 0 spiro atoms. The Bertz CT molecular complexity index is 2570. The van der Waals surface area contributed by atoms with Crippen molar-refractivity contribution in [2.75, 3.05) is 41.4 Å². The second kappa shape index (κ2) is 40.3. The maximum absolute atomic E-state index is 14.9. The lowest BCUT2D eigenvalue weighted by Gasteiger charge is -2.36. The molecule has 6 amide bonds. The molecule has 0 saturated carbocycles. The summed E-state index contributed by atoms with van der Waals surface area (Å²) in [5.74, 6) is -12.5. The third-order valence-corrected chi connectivity index (χ3v) is 17.4. The summed E-state index contributed by atoms with van der Waals surface area (Å²) in [7, 11) is 5.81. The molecular weight excluding hydrogens is 1190 g/mol. The highest BCUT2D eigenvalue weighted by molar-refractivity contribution is 5.99. The van der Waals surface area contributed by atoms with E-state index < -0.39 is 192 Å². The molecule has 1 rings (SSSR count). The smallest absolute Gasteiger partial charge is 0.430 e. The Kier molecular flexibility index (Phi) is 36.8. The van der Waals surface area contributed by atoms with E-state index >= 15 is 0 Å². The average Bonchev–Trinajstić information content (AvgIpc) is 0.873. The number of hydrogen-bond donors (Lipinski definition) is 3. The first kappa shape index (κ1) is 84.9. The molecule has 22 nitrogen and oxygen atoms in total. The van der Waals surface area contributed by atoms with Gasteiger partial charge in [0.1, 0.15) is 24.3 Å². The van der Waals surface area contributed by atoms with Gasteiger partial charge in [-0.3, -0.25) is 52.7 Å². The van der Waals surface area contributed by atoms with E-state index in [0.717, 1.165) is 0 Å². The van der Waals surface area contributed by atoms with Gasteiger partial charge in [-0.2, -0.15) is 0 Å². The van der Waals surface area contributed by atoms with Crippen LogP contribution >= 0.6 is 0 Å². The minimum Gasteiger partial charge on any atom is -0.430 e. The first-order valence-electron chi connectivity index (χ1n) is 33.8. The predicted octanol–water partition coefficient (Wildman–Crippen LogP) is 8.70. The normalized spacial score (nSPS) is 26.1. The molecule has 0 aliphatic carbocycles. The first-order valence-corrected chi connectivity index (χ1v) is 33.8. The van der Waals surface area contributed by atoms with E-state index in [1.54, 1.807) is 88.3 Å². The van der Waals surface area contributed by atoms with Gasteiger partial charge in [-0.15, -0.1) is 0 Å². The zero-order valence-corrected chi connectivity index (χ0v) is 60.8. The SMILES string of the molecule is C/C=C/C[C@@H](C)[C@@H](O)[C@@H]1CC(=O)[C@H](C(C)C)N(C)C(=O)[C@H](CC(C)C)CC(=O)[C@H](CC(C)C)N(C)C(=O)[C@@H](C)NC(=O)[C@H](C)CC(=O)[C@H](CC(C)C)N(C)C(=O)[C@H](C(C)C)CC(=O)[C@H]([C@@H](C)OC/C=C/COC(=O)OC(C)(C)C)N(C)C(=O)CCC(=O)[C@H](CC)NC1=O. The highest BCUT2D eigenvalue weighted by Crippen LogP contribution is 2.30. The number of hydrogen-bond acceptors (Lipinski definition) is 16. The fourth-order valence-electron chi connectivity index (χ4n) is 12.0. The van der Waals surface area contributed by atoms with Crippen LogP contribution in [-0.2, 0) is 67.0 Å². The largest absolute Gasteiger partial charge is 0.509 e. The monoisotopic (exact) mass is 1310 g/mol. The molecule has 1 aliphatic heterocycles. The Morgan fingerprint density at radius 2 is 1.10 bits per heavy atom. The van der Waals surface area contributed by atoms with Gasteiger partial charge in [0.25, 0.3) is 0 Å². The second-order valence-electron chi connectivity index (χ2n) is 28.9. The average molecular weight is 1310 g/mol. The van der Waals surface area contributed by atoms with Crippen molar-refractivity contribution >= 4 is 70.5 Å². The molecular formula is C71H120N6O16. The number of rotatable bonds is 19. The number of carbonyl (C=O) groups is 12. The van der Waals surface area contributed by atoms with Gasteiger partial charge in [0.15, 0.2) is 28.9 Å². The summed E-state index contributed by atoms with van der Waals surface area (Å²) in [5.41, 5.74) is -0.779. The van der Waals surface area contributed by atoms with Crippen LogP contribution in [0.5, 0.6) is 0 Å². The Morgan fingerprint density at radius 3 is 1.60 bits per heavy atom. The Hall–Kier alpha value is -6.16. The molecule has 0 aromatic heterocycles. The van der Waals surface area contributed by atoms with Gasteiger partial charge < -0.3 is 49.6 Å². The van der Waals surface area contributed by atoms with Crippen LogP contribution in [0.25, 0.3) is 0 Å². The third-order valence-electron chi connectivity index (χ3n) is 17.4. The van der Waals surface area contributed by atoms with Gasteiger partial charge >= 0.3 is 6.16 Å². The topological polar surface area (TPSA) is 290 Å². The number of amides is 6. The van der Waals surface area contributed by atoms with Gasteiger partial charge in [-0.25, -0.2) is 4.79 Å². The fraction of sp³-hybridized carbons (Fsp3) is 0.775. The number of allylic oxidation sites excluding steroid dienone is 2. The van der Waals surface area contributed by atoms with Crippen LogP contribution in [-0.4, -0.2) is 191 Å². The molecule has 530 valence electrons. The maximum Gasteiger partial charge on any atom is 0.509 e. The number of likely N-dealkylation sites (N-methyl/N-ethyl adjacent to an activating group) is 4. The van der Waals surface area contributed by atoms with E-state index in [2.05, 4.69) is 10.6 Å². The van der Waals surface area contributed by atoms with Crippen LogP contribution in [0.3, 0.4) is 0 Å². The molecule has 93 heavy (non-hydrogen) atoms. The molecule has 0 aromatic rings. The summed E-state index contributed by atoms with van der Waals surface area (Å²) >= 11 is 0. The molecule has 1 saturated heterocycles.